The van der Waals surface area contributed by atoms with E-state index < -0.39 is 23.9 Å². The van der Waals surface area contributed by atoms with Crippen LogP contribution in [-0.4, -0.2) is 45.7 Å². The van der Waals surface area contributed by atoms with Crippen molar-refractivity contribution in [1.82, 2.24) is 20.1 Å². The SMILES string of the molecule is COc1ccc(-n2ncc3cc(N4C(=O)C[C@H](NC(=O)C(C)(F)F)C4c4ccccc4)ccc32)cn1. The van der Waals surface area contributed by atoms with E-state index in [2.05, 4.69) is 15.4 Å². The number of nitrogens with zero attached hydrogens (tertiary/aromatic N) is 4. The first-order valence-electron chi connectivity index (χ1n) is 11.3. The Hall–Kier alpha value is -4.34. The topological polar surface area (TPSA) is 89.4 Å². The lowest BCUT2D eigenvalue weighted by Gasteiger charge is -2.29. The molecule has 1 N–H and O–H groups in total. The van der Waals surface area contributed by atoms with E-state index in [4.69, 9.17) is 4.74 Å². The molecule has 0 spiro atoms. The van der Waals surface area contributed by atoms with Gasteiger partial charge in [0, 0.05) is 30.5 Å². The van der Waals surface area contributed by atoms with Crippen LogP contribution < -0.4 is 15.0 Å². The molecule has 10 heteroatoms. The third-order valence-corrected chi connectivity index (χ3v) is 6.18. The third kappa shape index (κ3) is 4.26. The summed E-state index contributed by atoms with van der Waals surface area (Å²) in [6.45, 7) is 0.540. The molecule has 1 saturated heterocycles. The summed E-state index contributed by atoms with van der Waals surface area (Å²) in [4.78, 5) is 31.0. The molecule has 184 valence electrons. The predicted octanol–water partition coefficient (Wildman–Crippen LogP) is 4.05. The zero-order valence-corrected chi connectivity index (χ0v) is 19.6. The Bertz CT molecular complexity index is 1420. The lowest BCUT2D eigenvalue weighted by Crippen LogP contribution is -2.46. The molecule has 8 nitrogen and oxygen atoms in total. The average molecular weight is 491 g/mol. The molecule has 1 unspecified atom stereocenters. The highest BCUT2D eigenvalue weighted by molar-refractivity contribution is 6.00. The number of amides is 2. The Morgan fingerprint density at radius 1 is 1.08 bits per heavy atom. The molecule has 1 fully saturated rings. The van der Waals surface area contributed by atoms with Crippen LogP contribution >= 0.6 is 0 Å². The molecule has 2 aromatic heterocycles. The molecule has 4 aromatic rings. The van der Waals surface area contributed by atoms with Gasteiger partial charge in [0.25, 0.3) is 5.91 Å². The van der Waals surface area contributed by atoms with Crippen LogP contribution in [0.3, 0.4) is 0 Å². The maximum Gasteiger partial charge on any atom is 0.321 e. The summed E-state index contributed by atoms with van der Waals surface area (Å²) >= 11 is 0. The highest BCUT2D eigenvalue weighted by Crippen LogP contribution is 2.39. The van der Waals surface area contributed by atoms with Crippen LogP contribution in [0.4, 0.5) is 14.5 Å². The van der Waals surface area contributed by atoms with Gasteiger partial charge in [-0.25, -0.2) is 9.67 Å². The molecule has 2 atom stereocenters. The summed E-state index contributed by atoms with van der Waals surface area (Å²) in [7, 11) is 1.54. The molecular weight excluding hydrogens is 468 g/mol. The largest absolute Gasteiger partial charge is 0.481 e. The molecule has 2 amide bonds. The maximum atomic E-state index is 13.6. The highest BCUT2D eigenvalue weighted by atomic mass is 19.3. The van der Waals surface area contributed by atoms with Crippen molar-refractivity contribution in [2.75, 3.05) is 12.0 Å². The minimum absolute atomic E-state index is 0.101. The summed E-state index contributed by atoms with van der Waals surface area (Å²) < 4.78 is 34.1. The van der Waals surface area contributed by atoms with Crippen molar-refractivity contribution in [1.29, 1.82) is 0 Å². The molecule has 2 aromatic carbocycles. The second-order valence-electron chi connectivity index (χ2n) is 8.65. The first kappa shape index (κ1) is 23.4. The average Bonchev–Trinajstić information content (AvgIpc) is 3.44. The molecule has 5 rings (SSSR count). The number of alkyl halides is 2. The van der Waals surface area contributed by atoms with Crippen molar-refractivity contribution in [3.8, 4) is 11.6 Å². The Balaban J connectivity index is 1.52. The normalized spacial score (nSPS) is 18.0. The Morgan fingerprint density at radius 2 is 1.83 bits per heavy atom. The highest BCUT2D eigenvalue weighted by Gasteiger charge is 2.45. The minimum atomic E-state index is -3.55. The van der Waals surface area contributed by atoms with E-state index in [1.807, 2.05) is 36.4 Å². The Kier molecular flexibility index (Phi) is 5.87. The van der Waals surface area contributed by atoms with Gasteiger partial charge in [0.05, 0.1) is 42.8 Å². The zero-order valence-electron chi connectivity index (χ0n) is 19.6. The fourth-order valence-corrected chi connectivity index (χ4v) is 4.49. The number of methoxy groups -OCH3 is 1. The quantitative estimate of drug-likeness (QED) is 0.440. The van der Waals surface area contributed by atoms with Crippen LogP contribution in [0.15, 0.2) is 73.1 Å². The fraction of sp³-hybridized carbons (Fsp3) is 0.231. The standard InChI is InChI=1S/C26H23F2N5O3/c1-26(27,28)25(35)31-20-13-23(34)32(24(20)16-6-4-3-5-7-16)18-8-10-21-17(12-18)14-30-33(21)19-9-11-22(36-2)29-15-19/h3-12,14-15,20,24H,13H2,1-2H3,(H,31,35)/t20-,24?/m0/s1. The van der Waals surface area contributed by atoms with E-state index in [0.29, 0.717) is 18.5 Å². The van der Waals surface area contributed by atoms with E-state index in [-0.39, 0.29) is 12.3 Å². The van der Waals surface area contributed by atoms with E-state index >= 15 is 0 Å². The van der Waals surface area contributed by atoms with Crippen LogP contribution in [0.25, 0.3) is 16.6 Å². The van der Waals surface area contributed by atoms with Crippen molar-refractivity contribution in [3.05, 3.63) is 78.6 Å². The van der Waals surface area contributed by atoms with Crippen LogP contribution in [0, 0.1) is 0 Å². The first-order chi connectivity index (χ1) is 17.3. The van der Waals surface area contributed by atoms with Gasteiger partial charge in [-0.15, -0.1) is 0 Å². The van der Waals surface area contributed by atoms with E-state index in [1.54, 1.807) is 53.4 Å². The van der Waals surface area contributed by atoms with Gasteiger partial charge < -0.3 is 15.0 Å². The number of carbonyl (C=O) groups excluding carboxylic acids is 2. The van der Waals surface area contributed by atoms with E-state index in [1.165, 1.54) is 0 Å². The number of halogens is 2. The lowest BCUT2D eigenvalue weighted by molar-refractivity contribution is -0.143. The molecule has 0 radical (unpaired) electrons. The van der Waals surface area contributed by atoms with Crippen LogP contribution in [0.5, 0.6) is 5.88 Å². The number of rotatable bonds is 6. The van der Waals surface area contributed by atoms with Gasteiger partial charge in [-0.05, 0) is 29.8 Å². The summed E-state index contributed by atoms with van der Waals surface area (Å²) in [5, 5.41) is 7.62. The van der Waals surface area contributed by atoms with Crippen molar-refractivity contribution < 1.29 is 23.1 Å². The summed E-state index contributed by atoms with van der Waals surface area (Å²) in [6.07, 6.45) is 3.22. The van der Waals surface area contributed by atoms with Gasteiger partial charge in [-0.3, -0.25) is 9.59 Å². The number of nitrogens with one attached hydrogen (secondary N) is 1. The van der Waals surface area contributed by atoms with Gasteiger partial charge in [-0.1, -0.05) is 30.3 Å². The van der Waals surface area contributed by atoms with Crippen LogP contribution in [0.2, 0.25) is 0 Å². The molecule has 0 bridgehead atoms. The number of aromatic nitrogens is 3. The number of benzene rings is 2. The Morgan fingerprint density at radius 3 is 2.50 bits per heavy atom. The van der Waals surface area contributed by atoms with E-state index in [9.17, 15) is 18.4 Å². The summed E-state index contributed by atoms with van der Waals surface area (Å²) in [6, 6.07) is 16.6. The monoisotopic (exact) mass is 491 g/mol. The molecule has 1 aliphatic rings. The van der Waals surface area contributed by atoms with E-state index in [0.717, 1.165) is 22.2 Å². The fourth-order valence-electron chi connectivity index (χ4n) is 4.49. The third-order valence-electron chi connectivity index (χ3n) is 6.18. The maximum absolute atomic E-state index is 13.6. The number of fused-ring (bicyclic) bond motifs is 1. The van der Waals surface area contributed by atoms with Crippen LogP contribution in [0.1, 0.15) is 24.9 Å². The number of carbonyl (C=O) groups is 2. The van der Waals surface area contributed by atoms with Crippen molar-refractivity contribution >= 4 is 28.4 Å². The summed E-state index contributed by atoms with van der Waals surface area (Å²) in [5.41, 5.74) is 2.84. The number of anilines is 1. The van der Waals surface area contributed by atoms with Gasteiger partial charge in [0.15, 0.2) is 0 Å². The molecular formula is C26H23F2N5O3. The Labute approximate surface area is 205 Å². The van der Waals surface area contributed by atoms with Gasteiger partial charge in [0.2, 0.25) is 11.8 Å². The number of hydrogen-bond acceptors (Lipinski definition) is 5. The minimum Gasteiger partial charge on any atom is -0.481 e. The smallest absolute Gasteiger partial charge is 0.321 e. The van der Waals surface area contributed by atoms with Crippen molar-refractivity contribution in [2.24, 2.45) is 0 Å². The van der Waals surface area contributed by atoms with Crippen molar-refractivity contribution in [2.45, 2.75) is 31.4 Å². The molecule has 0 saturated carbocycles. The van der Waals surface area contributed by atoms with Crippen molar-refractivity contribution in [3.63, 3.8) is 0 Å². The zero-order chi connectivity index (χ0) is 25.4. The number of ether oxygens (including phenoxy) is 1. The number of pyridine rings is 1. The van der Waals surface area contributed by atoms with Gasteiger partial charge >= 0.3 is 5.92 Å². The van der Waals surface area contributed by atoms with Gasteiger partial charge in [0.1, 0.15) is 0 Å². The lowest BCUT2D eigenvalue weighted by atomic mass is 9.99. The van der Waals surface area contributed by atoms with Gasteiger partial charge in [-0.2, -0.15) is 13.9 Å². The summed E-state index contributed by atoms with van der Waals surface area (Å²) in [5.74, 6) is -4.76. The molecule has 3 heterocycles. The van der Waals surface area contributed by atoms with Crippen LogP contribution in [-0.2, 0) is 9.59 Å². The molecule has 36 heavy (non-hydrogen) atoms. The molecule has 1 aliphatic heterocycles. The first-order valence-corrected chi connectivity index (χ1v) is 11.3. The second-order valence-corrected chi connectivity index (χ2v) is 8.65. The number of hydrogen-bond donors (Lipinski definition) is 1. The predicted molar refractivity (Wildman–Crippen MR) is 129 cm³/mol. The molecule has 0 aliphatic carbocycles. The second kappa shape index (κ2) is 9.03.